The van der Waals surface area contributed by atoms with Gasteiger partial charge in [0.05, 0.1) is 9.99 Å². The molecule has 1 N–H and O–H groups in total. The van der Waals surface area contributed by atoms with Crippen molar-refractivity contribution in [2.45, 2.75) is 13.8 Å². The van der Waals surface area contributed by atoms with Gasteiger partial charge in [0.25, 0.3) is 0 Å². The topological polar surface area (TPSA) is 28.7 Å². The summed E-state index contributed by atoms with van der Waals surface area (Å²) in [5.41, 5.74) is 4.36. The van der Waals surface area contributed by atoms with Gasteiger partial charge < -0.3 is 4.98 Å². The van der Waals surface area contributed by atoms with Crippen LogP contribution in [-0.2, 0) is 0 Å². The van der Waals surface area contributed by atoms with Crippen LogP contribution < -0.4 is 0 Å². The fraction of sp³-hybridized carbons (Fsp3) is 0.133. The average Bonchev–Trinajstić information content (AvgIpc) is 2.78. The van der Waals surface area contributed by atoms with E-state index in [4.69, 9.17) is 0 Å². The molecule has 0 fully saturated rings. The van der Waals surface area contributed by atoms with E-state index in [2.05, 4.69) is 25.9 Å². The van der Waals surface area contributed by atoms with Crippen molar-refractivity contribution in [3.63, 3.8) is 0 Å². The Morgan fingerprint density at radius 2 is 1.79 bits per heavy atom. The van der Waals surface area contributed by atoms with E-state index in [0.717, 1.165) is 16.7 Å². The summed E-state index contributed by atoms with van der Waals surface area (Å²) >= 11 is 3.18. The number of aromatic nitrogens is 2. The normalized spacial score (nSPS) is 11.2. The van der Waals surface area contributed by atoms with Gasteiger partial charge in [-0.25, -0.2) is 9.37 Å². The van der Waals surface area contributed by atoms with Gasteiger partial charge in [-0.3, -0.25) is 0 Å². The zero-order chi connectivity index (χ0) is 13.6. The van der Waals surface area contributed by atoms with Gasteiger partial charge in [0.2, 0.25) is 0 Å². The largest absolute Gasteiger partial charge is 0.338 e. The first kappa shape index (κ1) is 12.4. The minimum atomic E-state index is -0.328. The van der Waals surface area contributed by atoms with E-state index in [1.165, 1.54) is 0 Å². The Bertz CT molecular complexity index is 757. The first-order chi connectivity index (χ1) is 9.08. The molecule has 0 saturated heterocycles. The van der Waals surface area contributed by atoms with Crippen LogP contribution in [0.1, 0.15) is 11.1 Å². The van der Waals surface area contributed by atoms with Crippen molar-refractivity contribution < 1.29 is 4.39 Å². The molecule has 0 bridgehead atoms. The van der Waals surface area contributed by atoms with Crippen LogP contribution in [0.3, 0.4) is 0 Å². The smallest absolute Gasteiger partial charge is 0.165 e. The van der Waals surface area contributed by atoms with Gasteiger partial charge in [-0.2, -0.15) is 0 Å². The molecule has 0 aliphatic heterocycles. The first-order valence-electron chi connectivity index (χ1n) is 5.98. The van der Waals surface area contributed by atoms with Crippen LogP contribution in [-0.4, -0.2) is 9.97 Å². The SMILES string of the molecule is Cc1cccc(C)c1-c1nc2c(F)c(Br)ccc2[nH]1. The number of hydrogen-bond donors (Lipinski definition) is 1. The predicted octanol–water partition coefficient (Wildman–Crippen LogP) is 4.75. The van der Waals surface area contributed by atoms with E-state index < -0.39 is 0 Å². The van der Waals surface area contributed by atoms with Crippen molar-refractivity contribution in [3.05, 3.63) is 51.7 Å². The lowest BCUT2D eigenvalue weighted by Gasteiger charge is -2.05. The maximum atomic E-state index is 14.0. The Kier molecular flexibility index (Phi) is 2.90. The highest BCUT2D eigenvalue weighted by atomic mass is 79.9. The number of benzene rings is 2. The molecular weight excluding hydrogens is 307 g/mol. The molecule has 0 aliphatic carbocycles. The quantitative estimate of drug-likeness (QED) is 0.689. The fourth-order valence-corrected chi connectivity index (χ4v) is 2.64. The van der Waals surface area contributed by atoms with E-state index in [-0.39, 0.29) is 5.82 Å². The molecule has 3 rings (SSSR count). The van der Waals surface area contributed by atoms with Gasteiger partial charge in [-0.05, 0) is 53.0 Å². The second-order valence-corrected chi connectivity index (χ2v) is 5.46. The lowest BCUT2D eigenvalue weighted by molar-refractivity contribution is 0.631. The van der Waals surface area contributed by atoms with E-state index in [0.29, 0.717) is 21.3 Å². The molecule has 2 aromatic carbocycles. The molecule has 19 heavy (non-hydrogen) atoms. The third-order valence-corrected chi connectivity index (χ3v) is 3.88. The summed E-state index contributed by atoms with van der Waals surface area (Å²) in [5, 5.41) is 0. The molecule has 0 saturated carbocycles. The Morgan fingerprint density at radius 1 is 1.11 bits per heavy atom. The van der Waals surface area contributed by atoms with Crippen molar-refractivity contribution in [3.8, 4) is 11.4 Å². The monoisotopic (exact) mass is 318 g/mol. The molecule has 0 atom stereocenters. The lowest BCUT2D eigenvalue weighted by Crippen LogP contribution is -1.89. The van der Waals surface area contributed by atoms with E-state index in [1.807, 2.05) is 38.1 Å². The number of hydrogen-bond acceptors (Lipinski definition) is 1. The number of imidazole rings is 1. The van der Waals surface area contributed by atoms with Crippen LogP contribution >= 0.6 is 15.9 Å². The van der Waals surface area contributed by atoms with Crippen molar-refractivity contribution >= 4 is 27.0 Å². The summed E-state index contributed by atoms with van der Waals surface area (Å²) in [6.45, 7) is 4.06. The number of rotatable bonds is 1. The maximum absolute atomic E-state index is 14.0. The van der Waals surface area contributed by atoms with Crippen molar-refractivity contribution in [2.24, 2.45) is 0 Å². The minimum Gasteiger partial charge on any atom is -0.338 e. The van der Waals surface area contributed by atoms with Crippen molar-refractivity contribution in [1.29, 1.82) is 0 Å². The molecule has 1 heterocycles. The highest BCUT2D eigenvalue weighted by Crippen LogP contribution is 2.29. The van der Waals surface area contributed by atoms with Crippen LogP contribution in [0.4, 0.5) is 4.39 Å². The van der Waals surface area contributed by atoms with Gasteiger partial charge in [0.15, 0.2) is 5.82 Å². The van der Waals surface area contributed by atoms with Gasteiger partial charge >= 0.3 is 0 Å². The molecule has 3 aromatic rings. The third kappa shape index (κ3) is 1.96. The van der Waals surface area contributed by atoms with E-state index in [1.54, 1.807) is 6.07 Å². The van der Waals surface area contributed by atoms with E-state index >= 15 is 0 Å². The molecule has 0 unspecified atom stereocenters. The summed E-state index contributed by atoms with van der Waals surface area (Å²) in [4.78, 5) is 7.59. The minimum absolute atomic E-state index is 0.328. The average molecular weight is 319 g/mol. The first-order valence-corrected chi connectivity index (χ1v) is 6.77. The second-order valence-electron chi connectivity index (χ2n) is 4.61. The van der Waals surface area contributed by atoms with Crippen LogP contribution in [0.25, 0.3) is 22.4 Å². The van der Waals surface area contributed by atoms with Crippen molar-refractivity contribution in [1.82, 2.24) is 9.97 Å². The van der Waals surface area contributed by atoms with Gasteiger partial charge in [-0.1, -0.05) is 18.2 Å². The summed E-state index contributed by atoms with van der Waals surface area (Å²) in [7, 11) is 0. The van der Waals surface area contributed by atoms with E-state index in [9.17, 15) is 4.39 Å². The molecule has 96 valence electrons. The van der Waals surface area contributed by atoms with Crippen LogP contribution in [0.5, 0.6) is 0 Å². The van der Waals surface area contributed by atoms with Crippen LogP contribution in [0, 0.1) is 19.7 Å². The number of H-pyrrole nitrogens is 1. The number of aromatic amines is 1. The summed E-state index contributed by atoms with van der Waals surface area (Å²) < 4.78 is 14.4. The molecule has 0 amide bonds. The number of aryl methyl sites for hydroxylation is 2. The third-order valence-electron chi connectivity index (χ3n) is 3.26. The number of nitrogens with zero attached hydrogens (tertiary/aromatic N) is 1. The highest BCUT2D eigenvalue weighted by Gasteiger charge is 2.14. The summed E-state index contributed by atoms with van der Waals surface area (Å²) in [5.74, 6) is 0.383. The van der Waals surface area contributed by atoms with Gasteiger partial charge in [0.1, 0.15) is 11.3 Å². The number of halogens is 2. The highest BCUT2D eigenvalue weighted by molar-refractivity contribution is 9.10. The zero-order valence-corrected chi connectivity index (χ0v) is 12.2. The fourth-order valence-electron chi connectivity index (χ4n) is 2.32. The predicted molar refractivity (Wildman–Crippen MR) is 78.7 cm³/mol. The molecule has 0 spiro atoms. The summed E-state index contributed by atoms with van der Waals surface area (Å²) in [6.07, 6.45) is 0. The summed E-state index contributed by atoms with van der Waals surface area (Å²) in [6, 6.07) is 9.58. The molecular formula is C15H12BrFN2. The number of fused-ring (bicyclic) bond motifs is 1. The Balaban J connectivity index is 2.30. The van der Waals surface area contributed by atoms with Crippen LogP contribution in [0.15, 0.2) is 34.8 Å². The lowest BCUT2D eigenvalue weighted by atomic mass is 10.0. The van der Waals surface area contributed by atoms with Gasteiger partial charge in [0, 0.05) is 5.56 Å². The molecule has 1 aromatic heterocycles. The molecule has 0 radical (unpaired) electrons. The molecule has 2 nitrogen and oxygen atoms in total. The van der Waals surface area contributed by atoms with Gasteiger partial charge in [-0.15, -0.1) is 0 Å². The molecule has 4 heteroatoms. The Labute approximate surface area is 118 Å². The maximum Gasteiger partial charge on any atom is 0.165 e. The Morgan fingerprint density at radius 3 is 2.47 bits per heavy atom. The number of nitrogens with one attached hydrogen (secondary N) is 1. The van der Waals surface area contributed by atoms with Crippen molar-refractivity contribution in [2.75, 3.05) is 0 Å². The van der Waals surface area contributed by atoms with Crippen LogP contribution in [0.2, 0.25) is 0 Å². The molecule has 0 aliphatic rings. The Hall–Kier alpha value is -1.68. The zero-order valence-electron chi connectivity index (χ0n) is 10.6. The second kappa shape index (κ2) is 4.46. The standard InChI is InChI=1S/C15H12BrFN2/c1-8-4-3-5-9(2)12(8)15-18-11-7-6-10(16)13(17)14(11)19-15/h3-7H,1-2H3,(H,18,19).